The van der Waals surface area contributed by atoms with Gasteiger partial charge in [0, 0.05) is 37.2 Å². The van der Waals surface area contributed by atoms with Crippen molar-refractivity contribution in [1.29, 1.82) is 0 Å². The van der Waals surface area contributed by atoms with Gasteiger partial charge in [0.2, 0.25) is 0 Å². The van der Waals surface area contributed by atoms with Crippen LogP contribution in [0.15, 0.2) is 96.6 Å². The van der Waals surface area contributed by atoms with Gasteiger partial charge in [-0.3, -0.25) is 4.98 Å². The zero-order chi connectivity index (χ0) is 38.1. The van der Waals surface area contributed by atoms with Gasteiger partial charge < -0.3 is 35.1 Å². The summed E-state index contributed by atoms with van der Waals surface area (Å²) in [5.74, 6) is 2.49. The molecule has 1 unspecified atom stereocenters. The number of nitrogen functional groups attached to an aromatic ring is 1. The second kappa shape index (κ2) is 14.8. The van der Waals surface area contributed by atoms with E-state index in [0.717, 1.165) is 16.7 Å². The van der Waals surface area contributed by atoms with Gasteiger partial charge in [0.15, 0.2) is 0 Å². The Kier molecular flexibility index (Phi) is 9.99. The first-order chi connectivity index (χ1) is 25.9. The van der Waals surface area contributed by atoms with Gasteiger partial charge in [-0.05, 0) is 78.6 Å². The summed E-state index contributed by atoms with van der Waals surface area (Å²) >= 11 is 7.14. The highest BCUT2D eigenvalue weighted by Gasteiger charge is 2.39. The van der Waals surface area contributed by atoms with Crippen molar-refractivity contribution in [3.8, 4) is 28.5 Å². The van der Waals surface area contributed by atoms with Crippen LogP contribution < -0.4 is 30.2 Å². The monoisotopic (exact) mass is 755 g/mol. The van der Waals surface area contributed by atoms with E-state index in [4.69, 9.17) is 41.5 Å². The molecule has 278 valence electrons. The van der Waals surface area contributed by atoms with E-state index in [1.54, 1.807) is 32.8 Å². The minimum absolute atomic E-state index is 0.0108. The fraction of sp³-hybridized carbons (Fsp3) is 0.225. The second-order valence-corrected chi connectivity index (χ2v) is 13.3. The van der Waals surface area contributed by atoms with E-state index in [0.29, 0.717) is 53.2 Å². The third kappa shape index (κ3) is 7.19. The number of halogens is 4. The van der Waals surface area contributed by atoms with E-state index in [2.05, 4.69) is 10.3 Å². The van der Waals surface area contributed by atoms with Crippen LogP contribution in [-0.2, 0) is 19.3 Å². The number of ether oxygens (including phenoxy) is 3. The number of amidine groups is 1. The molecule has 5 aromatic rings. The fourth-order valence-electron chi connectivity index (χ4n) is 6.68. The molecule has 0 aliphatic carbocycles. The molecule has 2 aliphatic rings. The maximum Gasteiger partial charge on any atom is 0.418 e. The number of hydrogen-bond donors (Lipinski definition) is 2. The molecule has 10 nitrogen and oxygen atoms in total. The Morgan fingerprint density at radius 3 is 2.22 bits per heavy atom. The maximum atomic E-state index is 15.1. The first-order valence-corrected chi connectivity index (χ1v) is 17.4. The van der Waals surface area contributed by atoms with Gasteiger partial charge >= 0.3 is 6.18 Å². The summed E-state index contributed by atoms with van der Waals surface area (Å²) in [6.45, 7) is 4.19. The predicted molar refractivity (Wildman–Crippen MR) is 204 cm³/mol. The molecule has 0 saturated carbocycles. The number of nitrogens with two attached hydrogens (primary N) is 1. The molecule has 3 N–H and O–H groups in total. The molecule has 0 amide bonds. The minimum Gasteiger partial charge on any atom is -0.497 e. The molecule has 4 heterocycles. The van der Waals surface area contributed by atoms with Crippen LogP contribution in [0.25, 0.3) is 11.3 Å². The van der Waals surface area contributed by atoms with Crippen molar-refractivity contribution in [1.82, 2.24) is 14.9 Å². The van der Waals surface area contributed by atoms with E-state index in [9.17, 15) is 0 Å². The summed E-state index contributed by atoms with van der Waals surface area (Å²) in [6, 6.07) is 19.5. The van der Waals surface area contributed by atoms with E-state index < -0.39 is 11.7 Å². The number of pyridine rings is 2. The average Bonchev–Trinajstić information content (AvgIpc) is 3.35. The molecule has 0 bridgehead atoms. The predicted octanol–water partition coefficient (Wildman–Crippen LogP) is 8.99. The van der Waals surface area contributed by atoms with E-state index >= 15 is 13.2 Å². The van der Waals surface area contributed by atoms with E-state index in [1.165, 1.54) is 25.3 Å². The van der Waals surface area contributed by atoms with Gasteiger partial charge in [0.25, 0.3) is 0 Å². The number of rotatable bonds is 10. The van der Waals surface area contributed by atoms with Crippen molar-refractivity contribution in [2.24, 2.45) is 4.99 Å². The zero-order valence-electron chi connectivity index (χ0n) is 29.9. The largest absolute Gasteiger partial charge is 0.497 e. The van der Waals surface area contributed by atoms with Gasteiger partial charge in [-0.25, -0.2) is 9.98 Å². The van der Waals surface area contributed by atoms with Gasteiger partial charge in [-0.1, -0.05) is 35.9 Å². The average molecular weight is 756 g/mol. The summed E-state index contributed by atoms with van der Waals surface area (Å²) in [6.07, 6.45) is 1.71. The quantitative estimate of drug-likeness (QED) is 0.144. The third-order valence-electron chi connectivity index (χ3n) is 9.41. The minimum atomic E-state index is -4.76. The Bertz CT molecular complexity index is 2200. The number of hydrogen-bond acceptors (Lipinski definition) is 10. The number of nitrogens with zero attached hydrogens (tertiary/aromatic N) is 5. The van der Waals surface area contributed by atoms with Crippen molar-refractivity contribution in [3.05, 3.63) is 130 Å². The number of nitrogens with one attached hydrogen (secondary N) is 1. The first kappa shape index (κ1) is 36.4. The lowest BCUT2D eigenvalue weighted by atomic mass is 9.96. The number of aliphatic imine (C=N–C) groups is 1. The Labute approximate surface area is 315 Å². The third-order valence-corrected chi connectivity index (χ3v) is 9.80. The lowest BCUT2D eigenvalue weighted by Crippen LogP contribution is -2.32. The molecule has 1 atom stereocenters. The standard InChI is InChI=1S/C40H37ClF3N7O3/c1-23-15-33(50(20-25-5-9-29(52-3)10-6-25)21-26-7-11-30(53-4)12-8-26)49-37(35(23)40(42,43)44)31-17-32-34-38(36(31)41)47-22-48-39(34)51(13-14-54-32)24(2)27-16-28(45)19-46-18-27/h5-19,24,47H,20-22,45H2,1-4H3. The van der Waals surface area contributed by atoms with Crippen LogP contribution in [0.5, 0.6) is 17.2 Å². The van der Waals surface area contributed by atoms with Crippen molar-refractivity contribution < 1.29 is 27.4 Å². The second-order valence-electron chi connectivity index (χ2n) is 12.9. The highest BCUT2D eigenvalue weighted by atomic mass is 35.5. The van der Waals surface area contributed by atoms with Crippen LogP contribution in [0.2, 0.25) is 5.02 Å². The SMILES string of the molecule is COc1ccc(CN(Cc2ccc(OC)cc2)c2cc(C)c(C(F)(F)F)c(-c3cc4c5c(c3Cl)NCN=C5N(C(C)c3cncc(N)c3)C=CO4)n2)cc1. The summed E-state index contributed by atoms with van der Waals surface area (Å²) in [7, 11) is 3.17. The molecular weight excluding hydrogens is 719 g/mol. The van der Waals surface area contributed by atoms with Crippen LogP contribution in [-0.4, -0.2) is 41.6 Å². The van der Waals surface area contributed by atoms with Gasteiger partial charge in [-0.2, -0.15) is 13.2 Å². The highest BCUT2D eigenvalue weighted by Crippen LogP contribution is 2.48. The topological polar surface area (TPSA) is 110 Å². The van der Waals surface area contributed by atoms with Gasteiger partial charge in [0.05, 0.1) is 53.5 Å². The number of aryl methyl sites for hydroxylation is 1. The molecule has 2 aromatic heterocycles. The lowest BCUT2D eigenvalue weighted by Gasteiger charge is -2.32. The Hall–Kier alpha value is -5.95. The molecule has 0 radical (unpaired) electrons. The van der Waals surface area contributed by atoms with Crippen LogP contribution >= 0.6 is 11.6 Å². The summed E-state index contributed by atoms with van der Waals surface area (Å²) in [4.78, 5) is 17.6. The molecule has 0 spiro atoms. The highest BCUT2D eigenvalue weighted by molar-refractivity contribution is 6.37. The smallest absolute Gasteiger partial charge is 0.418 e. The number of aromatic nitrogens is 2. The van der Waals surface area contributed by atoms with Gasteiger partial charge in [0.1, 0.15) is 41.8 Å². The molecule has 14 heteroatoms. The number of alkyl halides is 3. The Morgan fingerprint density at radius 1 is 0.981 bits per heavy atom. The van der Waals surface area contributed by atoms with Crippen molar-refractivity contribution >= 4 is 34.6 Å². The van der Waals surface area contributed by atoms with Crippen LogP contribution in [0.4, 0.5) is 30.4 Å². The van der Waals surface area contributed by atoms with E-state index in [1.807, 2.05) is 71.3 Å². The number of methoxy groups -OCH3 is 2. The number of benzene rings is 3. The first-order valence-electron chi connectivity index (χ1n) is 17.0. The molecule has 0 saturated heterocycles. The fourth-order valence-corrected chi connectivity index (χ4v) is 6.98. The van der Waals surface area contributed by atoms with Crippen LogP contribution in [0.1, 0.15) is 46.3 Å². The van der Waals surface area contributed by atoms with E-state index in [-0.39, 0.29) is 40.3 Å². The Balaban J connectivity index is 1.36. The summed E-state index contributed by atoms with van der Waals surface area (Å²) in [5.41, 5.74) is 8.88. The summed E-state index contributed by atoms with van der Waals surface area (Å²) < 4.78 is 62.0. The van der Waals surface area contributed by atoms with Crippen LogP contribution in [0, 0.1) is 6.92 Å². The van der Waals surface area contributed by atoms with Crippen molar-refractivity contribution in [3.63, 3.8) is 0 Å². The molecule has 2 aliphatic heterocycles. The summed E-state index contributed by atoms with van der Waals surface area (Å²) in [5, 5.41) is 3.24. The molecule has 3 aromatic carbocycles. The zero-order valence-corrected chi connectivity index (χ0v) is 30.7. The van der Waals surface area contributed by atoms with Gasteiger partial charge in [-0.15, -0.1) is 0 Å². The maximum absolute atomic E-state index is 15.1. The van der Waals surface area contributed by atoms with Crippen molar-refractivity contribution in [2.45, 2.75) is 39.2 Å². The molecule has 0 fully saturated rings. The lowest BCUT2D eigenvalue weighted by molar-refractivity contribution is -0.137. The normalized spacial score (nSPS) is 13.9. The van der Waals surface area contributed by atoms with Crippen LogP contribution in [0.3, 0.4) is 0 Å². The molecule has 7 rings (SSSR count). The number of anilines is 3. The molecule has 54 heavy (non-hydrogen) atoms. The Morgan fingerprint density at radius 2 is 1.63 bits per heavy atom. The van der Waals surface area contributed by atoms with Crippen molar-refractivity contribution in [2.75, 3.05) is 36.8 Å². The molecular formula is C40H37ClF3N7O3.